The van der Waals surface area contributed by atoms with E-state index in [1.807, 2.05) is 0 Å². The summed E-state index contributed by atoms with van der Waals surface area (Å²) in [6.45, 7) is 6.65. The van der Waals surface area contributed by atoms with Crippen LogP contribution in [0.25, 0.3) is 11.3 Å². The van der Waals surface area contributed by atoms with Gasteiger partial charge in [0.25, 0.3) is 0 Å². The summed E-state index contributed by atoms with van der Waals surface area (Å²) in [5.74, 6) is 0. The lowest BCUT2D eigenvalue weighted by molar-refractivity contribution is 0.590. The van der Waals surface area contributed by atoms with Crippen molar-refractivity contribution >= 4 is 15.9 Å². The predicted octanol–water partition coefficient (Wildman–Crippen LogP) is 4.34. The Balaban J connectivity index is 2.51. The van der Waals surface area contributed by atoms with E-state index in [9.17, 15) is 0 Å². The molecule has 0 bridgehead atoms. The first-order valence-corrected chi connectivity index (χ1v) is 7.11. The van der Waals surface area contributed by atoms with Gasteiger partial charge in [-0.1, -0.05) is 54.9 Å². The highest BCUT2D eigenvalue weighted by Crippen LogP contribution is 2.28. The number of alkyl halides is 1. The molecule has 18 heavy (non-hydrogen) atoms. The zero-order valence-electron chi connectivity index (χ0n) is 10.9. The van der Waals surface area contributed by atoms with Gasteiger partial charge in [-0.2, -0.15) is 0 Å². The Labute approximate surface area is 117 Å². The van der Waals surface area contributed by atoms with Crippen molar-refractivity contribution in [3.8, 4) is 11.3 Å². The molecule has 1 aromatic carbocycles. The van der Waals surface area contributed by atoms with Crippen molar-refractivity contribution < 1.29 is 0 Å². The summed E-state index contributed by atoms with van der Waals surface area (Å²) in [7, 11) is 0. The second kappa shape index (κ2) is 5.19. The third-order valence-corrected chi connectivity index (χ3v) is 3.43. The van der Waals surface area contributed by atoms with E-state index >= 15 is 0 Å². The van der Waals surface area contributed by atoms with Gasteiger partial charge in [0.2, 0.25) is 0 Å². The van der Waals surface area contributed by atoms with Crippen LogP contribution in [0.15, 0.2) is 36.7 Å². The molecule has 0 atom stereocenters. The van der Waals surface area contributed by atoms with Crippen molar-refractivity contribution in [2.24, 2.45) is 0 Å². The smallest absolute Gasteiger partial charge is 0.0926 e. The van der Waals surface area contributed by atoms with Gasteiger partial charge in [-0.25, -0.2) is 0 Å². The summed E-state index contributed by atoms with van der Waals surface area (Å²) in [6.07, 6.45) is 3.47. The minimum absolute atomic E-state index is 0.146. The lowest BCUT2D eigenvalue weighted by Crippen LogP contribution is -2.10. The van der Waals surface area contributed by atoms with Crippen LogP contribution < -0.4 is 0 Å². The van der Waals surface area contributed by atoms with Gasteiger partial charge in [0, 0.05) is 23.3 Å². The molecule has 1 aromatic heterocycles. The molecule has 0 N–H and O–H groups in total. The average molecular weight is 305 g/mol. The van der Waals surface area contributed by atoms with Crippen LogP contribution in [0.1, 0.15) is 32.0 Å². The van der Waals surface area contributed by atoms with Gasteiger partial charge >= 0.3 is 0 Å². The molecule has 94 valence electrons. The Morgan fingerprint density at radius 2 is 1.83 bits per heavy atom. The molecule has 0 saturated carbocycles. The maximum absolute atomic E-state index is 4.45. The summed E-state index contributed by atoms with van der Waals surface area (Å²) in [5.41, 5.74) is 4.52. The minimum atomic E-state index is 0.146. The van der Waals surface area contributed by atoms with Gasteiger partial charge in [-0.15, -0.1) is 0 Å². The molecule has 0 radical (unpaired) electrons. The molecule has 0 fully saturated rings. The number of nitrogens with zero attached hydrogens (tertiary/aromatic N) is 2. The largest absolute Gasteiger partial charge is 0.257 e. The fourth-order valence-corrected chi connectivity index (χ4v) is 2.25. The van der Waals surface area contributed by atoms with Crippen molar-refractivity contribution in [1.82, 2.24) is 9.97 Å². The summed E-state index contributed by atoms with van der Waals surface area (Å²) >= 11 is 3.46. The van der Waals surface area contributed by atoms with Crippen LogP contribution >= 0.6 is 15.9 Å². The molecule has 0 aliphatic heterocycles. The zero-order valence-corrected chi connectivity index (χ0v) is 12.5. The highest BCUT2D eigenvalue weighted by Gasteiger charge is 2.15. The molecule has 2 aromatic rings. The summed E-state index contributed by atoms with van der Waals surface area (Å²) in [5, 5.41) is 0.718. The number of hydrogen-bond donors (Lipinski definition) is 0. The van der Waals surface area contributed by atoms with E-state index in [2.05, 4.69) is 70.9 Å². The molecule has 1 heterocycles. The normalized spacial score (nSPS) is 11.6. The number of hydrogen-bond acceptors (Lipinski definition) is 2. The van der Waals surface area contributed by atoms with Crippen molar-refractivity contribution in [2.75, 3.05) is 0 Å². The van der Waals surface area contributed by atoms with Gasteiger partial charge < -0.3 is 0 Å². The Morgan fingerprint density at radius 3 is 2.50 bits per heavy atom. The van der Waals surface area contributed by atoms with E-state index in [4.69, 9.17) is 0 Å². The van der Waals surface area contributed by atoms with Gasteiger partial charge in [-0.05, 0) is 17.0 Å². The van der Waals surface area contributed by atoms with E-state index in [1.54, 1.807) is 12.4 Å². The third kappa shape index (κ3) is 2.78. The van der Waals surface area contributed by atoms with Crippen LogP contribution in [0.3, 0.4) is 0 Å². The zero-order chi connectivity index (χ0) is 13.2. The molecule has 0 unspecified atom stereocenters. The standard InChI is InChI=1S/C15H17BrN2/c1-15(2,3)12-6-4-5-11(9-12)14-13(10-16)17-7-8-18-14/h4-9H,10H2,1-3H3. The Morgan fingerprint density at radius 1 is 1.11 bits per heavy atom. The van der Waals surface area contributed by atoms with E-state index in [-0.39, 0.29) is 5.41 Å². The first kappa shape index (κ1) is 13.2. The van der Waals surface area contributed by atoms with Crippen LogP contribution in [0.4, 0.5) is 0 Å². The van der Waals surface area contributed by atoms with Crippen molar-refractivity contribution in [1.29, 1.82) is 0 Å². The first-order chi connectivity index (χ1) is 8.52. The molecule has 2 nitrogen and oxygen atoms in total. The van der Waals surface area contributed by atoms with E-state index in [0.717, 1.165) is 22.3 Å². The number of rotatable bonds is 2. The second-order valence-electron chi connectivity index (χ2n) is 5.32. The summed E-state index contributed by atoms with van der Waals surface area (Å²) in [6, 6.07) is 8.54. The molecular weight excluding hydrogens is 288 g/mol. The SMILES string of the molecule is CC(C)(C)c1cccc(-c2nccnc2CBr)c1. The quantitative estimate of drug-likeness (QED) is 0.772. The average Bonchev–Trinajstić information content (AvgIpc) is 2.38. The molecule has 2 rings (SSSR count). The van der Waals surface area contributed by atoms with E-state index < -0.39 is 0 Å². The molecule has 0 saturated heterocycles. The fraction of sp³-hybridized carbons (Fsp3) is 0.333. The van der Waals surface area contributed by atoms with E-state index in [1.165, 1.54) is 5.56 Å². The van der Waals surface area contributed by atoms with Gasteiger partial charge in [0.1, 0.15) is 0 Å². The molecule has 0 amide bonds. The number of benzene rings is 1. The van der Waals surface area contributed by atoms with Gasteiger partial charge in [-0.3, -0.25) is 9.97 Å². The van der Waals surface area contributed by atoms with Crippen LogP contribution in [0, 0.1) is 0 Å². The van der Waals surface area contributed by atoms with Crippen molar-refractivity contribution in [3.05, 3.63) is 47.9 Å². The Kier molecular flexibility index (Phi) is 3.81. The van der Waals surface area contributed by atoms with Crippen LogP contribution in [-0.2, 0) is 10.7 Å². The van der Waals surface area contributed by atoms with Crippen LogP contribution in [0.5, 0.6) is 0 Å². The van der Waals surface area contributed by atoms with E-state index in [0.29, 0.717) is 0 Å². The Hall–Kier alpha value is -1.22. The predicted molar refractivity (Wildman–Crippen MR) is 78.8 cm³/mol. The van der Waals surface area contributed by atoms with Crippen LogP contribution in [-0.4, -0.2) is 9.97 Å². The second-order valence-corrected chi connectivity index (χ2v) is 5.88. The molecule has 0 spiro atoms. The molecular formula is C15H17BrN2. The lowest BCUT2D eigenvalue weighted by Gasteiger charge is -2.19. The van der Waals surface area contributed by atoms with Crippen molar-refractivity contribution in [2.45, 2.75) is 31.5 Å². The minimum Gasteiger partial charge on any atom is -0.257 e. The molecule has 3 heteroatoms. The molecule has 0 aliphatic carbocycles. The lowest BCUT2D eigenvalue weighted by atomic mass is 9.86. The van der Waals surface area contributed by atoms with Gasteiger partial charge in [0.05, 0.1) is 11.4 Å². The molecule has 0 aliphatic rings. The first-order valence-electron chi connectivity index (χ1n) is 5.99. The highest BCUT2D eigenvalue weighted by atomic mass is 79.9. The summed E-state index contributed by atoms with van der Waals surface area (Å²) < 4.78 is 0. The number of halogens is 1. The highest BCUT2D eigenvalue weighted by molar-refractivity contribution is 9.08. The number of aromatic nitrogens is 2. The summed E-state index contributed by atoms with van der Waals surface area (Å²) in [4.78, 5) is 8.81. The fourth-order valence-electron chi connectivity index (χ4n) is 1.84. The monoisotopic (exact) mass is 304 g/mol. The maximum Gasteiger partial charge on any atom is 0.0926 e. The van der Waals surface area contributed by atoms with Crippen LogP contribution in [0.2, 0.25) is 0 Å². The Bertz CT molecular complexity index is 544. The van der Waals surface area contributed by atoms with Crippen molar-refractivity contribution in [3.63, 3.8) is 0 Å². The topological polar surface area (TPSA) is 25.8 Å². The maximum atomic E-state index is 4.45. The van der Waals surface area contributed by atoms with Gasteiger partial charge in [0.15, 0.2) is 0 Å². The third-order valence-electron chi connectivity index (χ3n) is 2.90.